The minimum absolute atomic E-state index is 0.105. The van der Waals surface area contributed by atoms with Crippen molar-refractivity contribution in [1.82, 2.24) is 15.1 Å². The highest BCUT2D eigenvalue weighted by molar-refractivity contribution is 5.94. The summed E-state index contributed by atoms with van der Waals surface area (Å²) in [5, 5.41) is 9.93. The molecule has 1 fully saturated rings. The molecule has 6 heteroatoms. The molecule has 0 bridgehead atoms. The summed E-state index contributed by atoms with van der Waals surface area (Å²) in [5.74, 6) is 0.147. The lowest BCUT2D eigenvalue weighted by Crippen LogP contribution is -2.39. The van der Waals surface area contributed by atoms with Crippen molar-refractivity contribution in [2.45, 2.75) is 51.4 Å². The normalized spacial score (nSPS) is 19.4. The van der Waals surface area contributed by atoms with Crippen LogP contribution in [0.1, 0.15) is 65.7 Å². The van der Waals surface area contributed by atoms with Crippen LogP contribution in [0.4, 0.5) is 5.69 Å². The SMILES string of the molecule is CC(=O)Nc1cn[nH]c1C1CCCN(C(=O)c2ccc3c(c2)CCCC3)C1. The van der Waals surface area contributed by atoms with Crippen molar-refractivity contribution in [1.29, 1.82) is 0 Å². The summed E-state index contributed by atoms with van der Waals surface area (Å²) in [5.41, 5.74) is 5.15. The van der Waals surface area contributed by atoms with Crippen LogP contribution in [0.3, 0.4) is 0 Å². The molecule has 1 unspecified atom stereocenters. The molecule has 1 aromatic carbocycles. The van der Waals surface area contributed by atoms with Crippen LogP contribution < -0.4 is 5.32 Å². The number of H-pyrrole nitrogens is 1. The van der Waals surface area contributed by atoms with Crippen molar-refractivity contribution in [3.05, 3.63) is 46.8 Å². The Hall–Kier alpha value is -2.63. The number of fused-ring (bicyclic) bond motifs is 1. The third-order valence-corrected chi connectivity index (χ3v) is 5.69. The molecule has 2 amide bonds. The van der Waals surface area contributed by atoms with Gasteiger partial charge in [-0.1, -0.05) is 6.07 Å². The number of amides is 2. The van der Waals surface area contributed by atoms with Gasteiger partial charge in [-0.3, -0.25) is 14.7 Å². The van der Waals surface area contributed by atoms with E-state index in [-0.39, 0.29) is 17.7 Å². The van der Waals surface area contributed by atoms with Gasteiger partial charge in [0.1, 0.15) is 0 Å². The van der Waals surface area contributed by atoms with E-state index in [4.69, 9.17) is 0 Å². The summed E-state index contributed by atoms with van der Waals surface area (Å²) >= 11 is 0. The van der Waals surface area contributed by atoms with Gasteiger partial charge < -0.3 is 10.2 Å². The van der Waals surface area contributed by atoms with Gasteiger partial charge in [0.25, 0.3) is 5.91 Å². The Labute approximate surface area is 159 Å². The summed E-state index contributed by atoms with van der Waals surface area (Å²) in [6.07, 6.45) is 8.22. The van der Waals surface area contributed by atoms with E-state index in [1.165, 1.54) is 30.9 Å². The minimum atomic E-state index is -0.115. The fourth-order valence-electron chi connectivity index (χ4n) is 4.34. The van der Waals surface area contributed by atoms with Crippen LogP contribution >= 0.6 is 0 Å². The molecule has 1 saturated heterocycles. The van der Waals surface area contributed by atoms with Crippen molar-refractivity contribution in [2.24, 2.45) is 0 Å². The molecule has 1 aromatic heterocycles. The standard InChI is InChI=1S/C21H26N4O2/c1-14(26)23-19-12-22-24-20(19)18-7-4-10-25(13-18)21(27)17-9-8-15-5-2-3-6-16(15)11-17/h8-9,11-12,18H,2-7,10,13H2,1H3,(H,22,24)(H,23,26). The van der Waals surface area contributed by atoms with E-state index in [0.29, 0.717) is 6.54 Å². The van der Waals surface area contributed by atoms with Crippen molar-refractivity contribution in [3.8, 4) is 0 Å². The second-order valence-corrected chi connectivity index (χ2v) is 7.66. The molecular weight excluding hydrogens is 340 g/mol. The van der Waals surface area contributed by atoms with E-state index in [0.717, 1.165) is 49.2 Å². The number of carbonyl (C=O) groups excluding carboxylic acids is 2. The van der Waals surface area contributed by atoms with Crippen LogP contribution in [-0.4, -0.2) is 40.0 Å². The van der Waals surface area contributed by atoms with Crippen molar-refractivity contribution in [2.75, 3.05) is 18.4 Å². The molecule has 142 valence electrons. The quantitative estimate of drug-likeness (QED) is 0.875. The van der Waals surface area contributed by atoms with Gasteiger partial charge in [0.15, 0.2) is 0 Å². The molecule has 0 saturated carbocycles. The number of likely N-dealkylation sites (tertiary alicyclic amines) is 1. The summed E-state index contributed by atoms with van der Waals surface area (Å²) < 4.78 is 0. The molecule has 2 N–H and O–H groups in total. The molecule has 2 heterocycles. The Morgan fingerprint density at radius 1 is 1.19 bits per heavy atom. The first kappa shape index (κ1) is 17.8. The second-order valence-electron chi connectivity index (χ2n) is 7.66. The number of hydrogen-bond acceptors (Lipinski definition) is 3. The van der Waals surface area contributed by atoms with Gasteiger partial charge in [0, 0.05) is 31.5 Å². The van der Waals surface area contributed by atoms with E-state index in [1.807, 2.05) is 11.0 Å². The number of aromatic amines is 1. The predicted octanol–water partition coefficient (Wildman–Crippen LogP) is 3.27. The Morgan fingerprint density at radius 3 is 2.81 bits per heavy atom. The summed E-state index contributed by atoms with van der Waals surface area (Å²) in [4.78, 5) is 26.4. The molecule has 2 aliphatic rings. The van der Waals surface area contributed by atoms with E-state index in [2.05, 4.69) is 27.6 Å². The second kappa shape index (κ2) is 7.55. The molecule has 0 spiro atoms. The van der Waals surface area contributed by atoms with Gasteiger partial charge in [-0.05, 0) is 61.8 Å². The van der Waals surface area contributed by atoms with Gasteiger partial charge in [0.2, 0.25) is 5.91 Å². The first-order valence-electron chi connectivity index (χ1n) is 9.84. The average molecular weight is 366 g/mol. The Kier molecular flexibility index (Phi) is 4.97. The molecule has 4 rings (SSSR count). The molecule has 1 atom stereocenters. The number of anilines is 1. The maximum atomic E-state index is 13.1. The maximum Gasteiger partial charge on any atom is 0.253 e. The molecule has 1 aliphatic carbocycles. The van der Waals surface area contributed by atoms with Gasteiger partial charge in [-0.2, -0.15) is 5.10 Å². The third kappa shape index (κ3) is 3.75. The number of aryl methyl sites for hydroxylation is 2. The monoisotopic (exact) mass is 366 g/mol. The van der Waals surface area contributed by atoms with E-state index in [9.17, 15) is 9.59 Å². The van der Waals surface area contributed by atoms with E-state index >= 15 is 0 Å². The summed E-state index contributed by atoms with van der Waals surface area (Å²) in [7, 11) is 0. The van der Waals surface area contributed by atoms with Gasteiger partial charge >= 0.3 is 0 Å². The van der Waals surface area contributed by atoms with E-state index < -0.39 is 0 Å². The molecule has 2 aromatic rings. The highest BCUT2D eigenvalue weighted by atomic mass is 16.2. The first-order valence-corrected chi connectivity index (χ1v) is 9.84. The average Bonchev–Trinajstić information content (AvgIpc) is 3.14. The molecule has 0 radical (unpaired) electrons. The minimum Gasteiger partial charge on any atom is -0.338 e. The van der Waals surface area contributed by atoms with E-state index in [1.54, 1.807) is 6.20 Å². The van der Waals surface area contributed by atoms with Gasteiger partial charge in [0.05, 0.1) is 17.6 Å². The van der Waals surface area contributed by atoms with Crippen LogP contribution in [0.2, 0.25) is 0 Å². The van der Waals surface area contributed by atoms with Crippen LogP contribution in [0.15, 0.2) is 24.4 Å². The number of rotatable bonds is 3. The number of hydrogen-bond donors (Lipinski definition) is 2. The zero-order valence-corrected chi connectivity index (χ0v) is 15.8. The third-order valence-electron chi connectivity index (χ3n) is 5.69. The molecular formula is C21H26N4O2. The zero-order chi connectivity index (χ0) is 18.8. The number of benzene rings is 1. The fraction of sp³-hybridized carbons (Fsp3) is 0.476. The fourth-order valence-corrected chi connectivity index (χ4v) is 4.34. The number of carbonyl (C=O) groups is 2. The number of nitrogens with zero attached hydrogens (tertiary/aromatic N) is 2. The highest BCUT2D eigenvalue weighted by Crippen LogP contribution is 2.31. The lowest BCUT2D eigenvalue weighted by Gasteiger charge is -2.33. The maximum absolute atomic E-state index is 13.1. The van der Waals surface area contributed by atoms with Crippen molar-refractivity contribution < 1.29 is 9.59 Å². The topological polar surface area (TPSA) is 78.1 Å². The van der Waals surface area contributed by atoms with Crippen LogP contribution in [0.25, 0.3) is 0 Å². The summed E-state index contributed by atoms with van der Waals surface area (Å²) in [6.45, 7) is 2.91. The highest BCUT2D eigenvalue weighted by Gasteiger charge is 2.28. The van der Waals surface area contributed by atoms with Crippen LogP contribution in [0.5, 0.6) is 0 Å². The summed E-state index contributed by atoms with van der Waals surface area (Å²) in [6, 6.07) is 6.21. The molecule has 27 heavy (non-hydrogen) atoms. The van der Waals surface area contributed by atoms with Crippen molar-refractivity contribution >= 4 is 17.5 Å². The van der Waals surface area contributed by atoms with Crippen molar-refractivity contribution in [3.63, 3.8) is 0 Å². The Bertz CT molecular complexity index is 858. The lowest BCUT2D eigenvalue weighted by molar-refractivity contribution is -0.114. The predicted molar refractivity (Wildman–Crippen MR) is 104 cm³/mol. The number of aromatic nitrogens is 2. The Morgan fingerprint density at radius 2 is 2.00 bits per heavy atom. The molecule has 1 aliphatic heterocycles. The smallest absolute Gasteiger partial charge is 0.253 e. The number of nitrogens with one attached hydrogen (secondary N) is 2. The van der Waals surface area contributed by atoms with Crippen LogP contribution in [0, 0.1) is 0 Å². The van der Waals surface area contributed by atoms with Gasteiger partial charge in [-0.25, -0.2) is 0 Å². The first-order chi connectivity index (χ1) is 13.1. The largest absolute Gasteiger partial charge is 0.338 e. The van der Waals surface area contributed by atoms with Crippen LogP contribution in [-0.2, 0) is 17.6 Å². The number of piperidine rings is 1. The zero-order valence-electron chi connectivity index (χ0n) is 15.8. The lowest BCUT2D eigenvalue weighted by atomic mass is 9.89. The molecule has 6 nitrogen and oxygen atoms in total. The Balaban J connectivity index is 1.50. The van der Waals surface area contributed by atoms with Gasteiger partial charge in [-0.15, -0.1) is 0 Å².